The first-order valence-electron chi connectivity index (χ1n) is 6.46. The molecule has 6 heteroatoms. The third-order valence-corrected chi connectivity index (χ3v) is 4.78. The number of carbonyl (C=O) groups excluding carboxylic acids is 1. The minimum absolute atomic E-state index is 0.0272. The molecule has 3 rings (SSSR count). The normalized spacial score (nSPS) is 20.2. The molecule has 3 heterocycles. The number of nitrogens with zero attached hydrogens (tertiary/aromatic N) is 3. The van der Waals surface area contributed by atoms with Gasteiger partial charge in [0.05, 0.1) is 16.7 Å². The van der Waals surface area contributed by atoms with E-state index < -0.39 is 0 Å². The Balaban J connectivity index is 1.91. The second-order valence-electron chi connectivity index (χ2n) is 5.09. The highest BCUT2D eigenvalue weighted by atomic mass is 32.1. The summed E-state index contributed by atoms with van der Waals surface area (Å²) in [4.78, 5) is 15.9. The van der Waals surface area contributed by atoms with Crippen LogP contribution in [0.3, 0.4) is 0 Å². The molecule has 2 aromatic heterocycles. The van der Waals surface area contributed by atoms with Crippen molar-refractivity contribution >= 4 is 27.5 Å². The van der Waals surface area contributed by atoms with Gasteiger partial charge in [-0.25, -0.2) is 0 Å². The zero-order valence-corrected chi connectivity index (χ0v) is 11.9. The molecule has 0 aliphatic carbocycles. The largest absolute Gasteiger partial charge is 0.391 e. The average molecular weight is 279 g/mol. The number of piperidine rings is 1. The Labute approximate surface area is 115 Å². The maximum atomic E-state index is 12.4. The molecule has 1 amide bonds. The van der Waals surface area contributed by atoms with Crippen LogP contribution in [0, 0.1) is 6.92 Å². The second kappa shape index (κ2) is 4.61. The molecule has 0 radical (unpaired) electrons. The molecule has 1 fully saturated rings. The van der Waals surface area contributed by atoms with E-state index in [1.54, 1.807) is 4.90 Å². The van der Waals surface area contributed by atoms with Crippen LogP contribution in [0.25, 0.3) is 10.2 Å². The molecular formula is C13H17N3O2S. The van der Waals surface area contributed by atoms with Crippen molar-refractivity contribution in [3.05, 3.63) is 16.6 Å². The van der Waals surface area contributed by atoms with Gasteiger partial charge < -0.3 is 10.0 Å². The number of aryl methyl sites for hydroxylation is 2. The first kappa shape index (κ1) is 12.6. The fourth-order valence-corrected chi connectivity index (χ4v) is 3.70. The molecule has 0 saturated carbocycles. The van der Waals surface area contributed by atoms with E-state index in [0.29, 0.717) is 6.54 Å². The number of rotatable bonds is 1. The average Bonchev–Trinajstić information content (AvgIpc) is 2.92. The lowest BCUT2D eigenvalue weighted by molar-refractivity contribution is 0.0478. The molecule has 1 aliphatic heterocycles. The SMILES string of the molecule is Cc1nn(C)c2sc(C(=O)N3CCC[C@H](O)C3)cc12. The summed E-state index contributed by atoms with van der Waals surface area (Å²) >= 11 is 1.48. The van der Waals surface area contributed by atoms with Crippen molar-refractivity contribution in [3.63, 3.8) is 0 Å². The van der Waals surface area contributed by atoms with Gasteiger partial charge in [0.25, 0.3) is 5.91 Å². The van der Waals surface area contributed by atoms with Gasteiger partial charge in [-0.05, 0) is 25.8 Å². The number of carbonyl (C=O) groups is 1. The highest BCUT2D eigenvalue weighted by Crippen LogP contribution is 2.29. The fraction of sp³-hybridized carbons (Fsp3) is 0.538. The number of likely N-dealkylation sites (tertiary alicyclic amines) is 1. The zero-order chi connectivity index (χ0) is 13.6. The van der Waals surface area contributed by atoms with Gasteiger partial charge in [-0.2, -0.15) is 5.10 Å². The molecule has 0 bridgehead atoms. The fourth-order valence-electron chi connectivity index (χ4n) is 2.61. The number of amides is 1. The van der Waals surface area contributed by atoms with Crippen LogP contribution in [0.2, 0.25) is 0 Å². The molecule has 19 heavy (non-hydrogen) atoms. The van der Waals surface area contributed by atoms with Gasteiger partial charge in [0.15, 0.2) is 0 Å². The molecule has 5 nitrogen and oxygen atoms in total. The lowest BCUT2D eigenvalue weighted by atomic mass is 10.1. The van der Waals surface area contributed by atoms with Crippen LogP contribution in [-0.4, -0.2) is 44.9 Å². The first-order valence-corrected chi connectivity index (χ1v) is 7.28. The van der Waals surface area contributed by atoms with Crippen LogP contribution in [0.15, 0.2) is 6.07 Å². The third kappa shape index (κ3) is 2.15. The number of β-amino-alcohol motifs (C(OH)–C–C–N with tert-alkyl or cyclic N) is 1. The number of hydrogen-bond donors (Lipinski definition) is 1. The van der Waals surface area contributed by atoms with E-state index in [1.807, 2.05) is 24.7 Å². The lowest BCUT2D eigenvalue weighted by Crippen LogP contribution is -2.41. The van der Waals surface area contributed by atoms with E-state index in [1.165, 1.54) is 11.3 Å². The zero-order valence-electron chi connectivity index (χ0n) is 11.1. The summed E-state index contributed by atoms with van der Waals surface area (Å²) in [6.45, 7) is 3.14. The highest BCUT2D eigenvalue weighted by molar-refractivity contribution is 7.20. The van der Waals surface area contributed by atoms with Crippen LogP contribution in [0.5, 0.6) is 0 Å². The Morgan fingerprint density at radius 1 is 1.58 bits per heavy atom. The molecule has 0 spiro atoms. The summed E-state index contributed by atoms with van der Waals surface area (Å²) in [5, 5.41) is 15.0. The van der Waals surface area contributed by atoms with Crippen LogP contribution < -0.4 is 0 Å². The van der Waals surface area contributed by atoms with E-state index in [0.717, 1.165) is 40.2 Å². The van der Waals surface area contributed by atoms with Crippen molar-refractivity contribution in [1.82, 2.24) is 14.7 Å². The number of fused-ring (bicyclic) bond motifs is 1. The van der Waals surface area contributed by atoms with Gasteiger partial charge in [0.1, 0.15) is 4.83 Å². The summed E-state index contributed by atoms with van der Waals surface area (Å²) in [6.07, 6.45) is 1.29. The Morgan fingerprint density at radius 2 is 2.37 bits per heavy atom. The summed E-state index contributed by atoms with van der Waals surface area (Å²) in [7, 11) is 1.89. The minimum Gasteiger partial charge on any atom is -0.391 e. The van der Waals surface area contributed by atoms with Gasteiger partial charge in [0.2, 0.25) is 0 Å². The molecule has 2 aromatic rings. The minimum atomic E-state index is -0.379. The molecule has 1 aliphatic rings. The number of aliphatic hydroxyl groups is 1. The predicted octanol–water partition coefficient (Wildman–Crippen LogP) is 1.54. The summed E-state index contributed by atoms with van der Waals surface area (Å²) in [5.74, 6) is 0.0272. The van der Waals surface area contributed by atoms with Crippen molar-refractivity contribution in [1.29, 1.82) is 0 Å². The van der Waals surface area contributed by atoms with Crippen molar-refractivity contribution in [2.75, 3.05) is 13.1 Å². The molecular weight excluding hydrogens is 262 g/mol. The van der Waals surface area contributed by atoms with E-state index in [2.05, 4.69) is 5.10 Å². The number of thiophene rings is 1. The number of aliphatic hydroxyl groups excluding tert-OH is 1. The van der Waals surface area contributed by atoms with Crippen molar-refractivity contribution < 1.29 is 9.90 Å². The predicted molar refractivity (Wildman–Crippen MR) is 74.5 cm³/mol. The van der Waals surface area contributed by atoms with Crippen LogP contribution in [0.1, 0.15) is 28.2 Å². The van der Waals surface area contributed by atoms with E-state index >= 15 is 0 Å². The molecule has 0 unspecified atom stereocenters. The summed E-state index contributed by atoms with van der Waals surface area (Å²) in [6, 6.07) is 1.92. The lowest BCUT2D eigenvalue weighted by Gasteiger charge is -2.29. The molecule has 102 valence electrons. The quantitative estimate of drug-likeness (QED) is 0.861. The maximum Gasteiger partial charge on any atom is 0.264 e. The number of aromatic nitrogens is 2. The van der Waals surface area contributed by atoms with Gasteiger partial charge >= 0.3 is 0 Å². The molecule has 1 saturated heterocycles. The first-order chi connectivity index (χ1) is 9.06. The maximum absolute atomic E-state index is 12.4. The van der Waals surface area contributed by atoms with E-state index in [4.69, 9.17) is 0 Å². The summed E-state index contributed by atoms with van der Waals surface area (Å²) < 4.78 is 1.82. The molecule has 1 atom stereocenters. The Morgan fingerprint density at radius 3 is 3.05 bits per heavy atom. The van der Waals surface area contributed by atoms with Crippen molar-refractivity contribution in [2.24, 2.45) is 7.05 Å². The highest BCUT2D eigenvalue weighted by Gasteiger charge is 2.25. The Hall–Kier alpha value is -1.40. The topological polar surface area (TPSA) is 58.4 Å². The van der Waals surface area contributed by atoms with Crippen LogP contribution in [-0.2, 0) is 7.05 Å². The van der Waals surface area contributed by atoms with Gasteiger partial charge in [-0.3, -0.25) is 9.48 Å². The van der Waals surface area contributed by atoms with Gasteiger partial charge in [-0.15, -0.1) is 11.3 Å². The van der Waals surface area contributed by atoms with Crippen molar-refractivity contribution in [3.8, 4) is 0 Å². The van der Waals surface area contributed by atoms with E-state index in [-0.39, 0.29) is 12.0 Å². The summed E-state index contributed by atoms with van der Waals surface area (Å²) in [5.41, 5.74) is 0.950. The van der Waals surface area contributed by atoms with Crippen LogP contribution >= 0.6 is 11.3 Å². The van der Waals surface area contributed by atoms with Gasteiger partial charge in [-0.1, -0.05) is 0 Å². The number of hydrogen-bond acceptors (Lipinski definition) is 4. The monoisotopic (exact) mass is 279 g/mol. The molecule has 0 aromatic carbocycles. The van der Waals surface area contributed by atoms with Crippen LogP contribution in [0.4, 0.5) is 0 Å². The van der Waals surface area contributed by atoms with E-state index in [9.17, 15) is 9.90 Å². The smallest absolute Gasteiger partial charge is 0.264 e. The van der Waals surface area contributed by atoms with Crippen molar-refractivity contribution in [2.45, 2.75) is 25.9 Å². The Bertz CT molecular complexity index is 597. The van der Waals surface area contributed by atoms with Gasteiger partial charge in [0, 0.05) is 25.5 Å². The third-order valence-electron chi connectivity index (χ3n) is 3.59. The molecule has 1 N–H and O–H groups in total. The Kier molecular flexibility index (Phi) is 3.06. The second-order valence-corrected chi connectivity index (χ2v) is 6.12. The standard InChI is InChI=1S/C13H17N3O2S/c1-8-10-6-11(19-13(10)15(2)14-8)12(18)16-5-3-4-9(17)7-16/h6,9,17H,3-5,7H2,1-2H3/t9-/m0/s1.